The van der Waals surface area contributed by atoms with Crippen LogP contribution in [0.15, 0.2) is 46.9 Å². The van der Waals surface area contributed by atoms with Gasteiger partial charge in [-0.25, -0.2) is 4.79 Å². The molecule has 2 aromatic rings. The Kier molecular flexibility index (Phi) is 7.67. The molecule has 0 saturated carbocycles. The number of benzene rings is 2. The maximum absolute atomic E-state index is 12.2. The van der Waals surface area contributed by atoms with E-state index in [0.717, 1.165) is 4.47 Å². The van der Waals surface area contributed by atoms with Crippen molar-refractivity contribution in [3.8, 4) is 11.5 Å². The zero-order valence-corrected chi connectivity index (χ0v) is 17.0. The van der Waals surface area contributed by atoms with Crippen molar-refractivity contribution < 1.29 is 23.8 Å². The Morgan fingerprint density at radius 2 is 1.85 bits per heavy atom. The quantitative estimate of drug-likeness (QED) is 0.626. The molecule has 0 aromatic heterocycles. The third-order valence-corrected chi connectivity index (χ3v) is 4.15. The first kappa shape index (κ1) is 20.8. The van der Waals surface area contributed by atoms with E-state index in [0.29, 0.717) is 29.7 Å². The minimum Gasteiger partial charge on any atom is -0.493 e. The number of nitrogens with one attached hydrogen (secondary N) is 1. The van der Waals surface area contributed by atoms with Crippen LogP contribution in [0.2, 0.25) is 0 Å². The van der Waals surface area contributed by atoms with Gasteiger partial charge in [-0.05, 0) is 52.2 Å². The molecular formula is C20H22BrNO5. The highest BCUT2D eigenvalue weighted by atomic mass is 79.9. The third-order valence-electron chi connectivity index (χ3n) is 3.45. The van der Waals surface area contributed by atoms with Crippen LogP contribution in [-0.2, 0) is 9.53 Å². The molecule has 0 aliphatic carbocycles. The molecule has 2 aromatic carbocycles. The molecule has 6 nitrogen and oxygen atoms in total. The Bertz CT molecular complexity index is 807. The summed E-state index contributed by atoms with van der Waals surface area (Å²) in [4.78, 5) is 24.2. The number of carbonyl (C=O) groups excluding carboxylic acids is 2. The summed E-state index contributed by atoms with van der Waals surface area (Å²) in [6.45, 7) is 4.22. The molecule has 27 heavy (non-hydrogen) atoms. The van der Waals surface area contributed by atoms with Crippen LogP contribution >= 0.6 is 15.9 Å². The summed E-state index contributed by atoms with van der Waals surface area (Å²) in [5.74, 6) is 0.296. The lowest BCUT2D eigenvalue weighted by Gasteiger charge is -2.13. The fraction of sp³-hybridized carbons (Fsp3) is 0.300. The highest BCUT2D eigenvalue weighted by Crippen LogP contribution is 2.28. The van der Waals surface area contributed by atoms with Crippen LogP contribution < -0.4 is 14.8 Å². The van der Waals surface area contributed by atoms with Gasteiger partial charge in [-0.15, -0.1) is 0 Å². The molecule has 0 spiro atoms. The molecular weight excluding hydrogens is 414 g/mol. The molecule has 0 saturated heterocycles. The predicted octanol–water partition coefficient (Wildman–Crippen LogP) is 4.29. The van der Waals surface area contributed by atoms with E-state index >= 15 is 0 Å². The van der Waals surface area contributed by atoms with Crippen molar-refractivity contribution >= 4 is 33.5 Å². The van der Waals surface area contributed by atoms with Crippen LogP contribution in [-0.4, -0.2) is 32.2 Å². The van der Waals surface area contributed by atoms with Crippen LogP contribution in [0.3, 0.4) is 0 Å². The zero-order chi connectivity index (χ0) is 19.8. The molecule has 0 unspecified atom stereocenters. The van der Waals surface area contributed by atoms with Gasteiger partial charge in [-0.1, -0.05) is 26.0 Å². The number of ether oxygens (including phenoxy) is 3. The average molecular weight is 436 g/mol. The fourth-order valence-electron chi connectivity index (χ4n) is 2.13. The highest BCUT2D eigenvalue weighted by molar-refractivity contribution is 9.10. The Hall–Kier alpha value is -2.54. The maximum atomic E-state index is 12.2. The molecule has 1 N–H and O–H groups in total. The van der Waals surface area contributed by atoms with Gasteiger partial charge in [0, 0.05) is 4.47 Å². The molecule has 0 fully saturated rings. The normalized spacial score (nSPS) is 10.4. The molecule has 2 rings (SSSR count). The Balaban J connectivity index is 1.95. The van der Waals surface area contributed by atoms with E-state index in [9.17, 15) is 9.59 Å². The van der Waals surface area contributed by atoms with Crippen LogP contribution in [0, 0.1) is 5.92 Å². The van der Waals surface area contributed by atoms with E-state index in [2.05, 4.69) is 21.2 Å². The number of esters is 1. The van der Waals surface area contributed by atoms with Gasteiger partial charge in [0.05, 0.1) is 25.0 Å². The molecule has 1 amide bonds. The van der Waals surface area contributed by atoms with Crippen molar-refractivity contribution in [3.63, 3.8) is 0 Å². The topological polar surface area (TPSA) is 73.9 Å². The van der Waals surface area contributed by atoms with E-state index in [-0.39, 0.29) is 5.56 Å². The summed E-state index contributed by atoms with van der Waals surface area (Å²) in [7, 11) is 1.50. The Morgan fingerprint density at radius 1 is 1.11 bits per heavy atom. The van der Waals surface area contributed by atoms with Crippen molar-refractivity contribution in [2.24, 2.45) is 5.92 Å². The Labute approximate surface area is 166 Å². The smallest absolute Gasteiger partial charge is 0.338 e. The largest absolute Gasteiger partial charge is 0.493 e. The van der Waals surface area contributed by atoms with Crippen molar-refractivity contribution in [2.45, 2.75) is 13.8 Å². The standard InChI is InChI=1S/C20H22BrNO5/c1-13(2)11-26-17-9-8-14(10-18(17)25-3)20(24)27-12-19(23)22-16-7-5-4-6-15(16)21/h4-10,13H,11-12H2,1-3H3,(H,22,23). The summed E-state index contributed by atoms with van der Waals surface area (Å²) in [5.41, 5.74) is 0.879. The molecule has 0 aliphatic rings. The number of para-hydroxylation sites is 1. The predicted molar refractivity (Wildman–Crippen MR) is 106 cm³/mol. The number of hydrogen-bond donors (Lipinski definition) is 1. The van der Waals surface area contributed by atoms with Gasteiger partial charge < -0.3 is 19.5 Å². The SMILES string of the molecule is COc1cc(C(=O)OCC(=O)Nc2ccccc2Br)ccc1OCC(C)C. The van der Waals surface area contributed by atoms with Crippen molar-refractivity contribution in [1.82, 2.24) is 0 Å². The lowest BCUT2D eigenvalue weighted by Crippen LogP contribution is -2.21. The minimum atomic E-state index is -0.619. The fourth-order valence-corrected chi connectivity index (χ4v) is 2.52. The molecule has 144 valence electrons. The van der Waals surface area contributed by atoms with Crippen molar-refractivity contribution in [2.75, 3.05) is 25.6 Å². The lowest BCUT2D eigenvalue weighted by atomic mass is 10.2. The monoisotopic (exact) mass is 435 g/mol. The van der Waals surface area contributed by atoms with Crippen LogP contribution in [0.5, 0.6) is 11.5 Å². The molecule has 7 heteroatoms. The molecule has 0 radical (unpaired) electrons. The molecule has 0 heterocycles. The summed E-state index contributed by atoms with van der Waals surface area (Å²) in [5, 5.41) is 2.67. The lowest BCUT2D eigenvalue weighted by molar-refractivity contribution is -0.119. The van der Waals surface area contributed by atoms with Crippen LogP contribution in [0.25, 0.3) is 0 Å². The van der Waals surface area contributed by atoms with Crippen LogP contribution in [0.1, 0.15) is 24.2 Å². The van der Waals surface area contributed by atoms with Gasteiger partial charge in [0.15, 0.2) is 18.1 Å². The second-order valence-electron chi connectivity index (χ2n) is 6.17. The number of methoxy groups -OCH3 is 1. The first-order chi connectivity index (χ1) is 12.9. The van der Waals surface area contributed by atoms with Gasteiger partial charge in [0.1, 0.15) is 0 Å². The van der Waals surface area contributed by atoms with Gasteiger partial charge in [-0.3, -0.25) is 4.79 Å². The van der Waals surface area contributed by atoms with Crippen molar-refractivity contribution in [3.05, 3.63) is 52.5 Å². The van der Waals surface area contributed by atoms with E-state index in [1.165, 1.54) is 13.2 Å². The van der Waals surface area contributed by atoms with E-state index in [1.54, 1.807) is 30.3 Å². The summed E-state index contributed by atoms with van der Waals surface area (Å²) in [6, 6.07) is 11.9. The third kappa shape index (κ3) is 6.29. The van der Waals surface area contributed by atoms with E-state index in [4.69, 9.17) is 14.2 Å². The summed E-state index contributed by atoms with van der Waals surface area (Å²) >= 11 is 3.34. The summed E-state index contributed by atoms with van der Waals surface area (Å²) in [6.07, 6.45) is 0. The van der Waals surface area contributed by atoms with Gasteiger partial charge in [0.2, 0.25) is 0 Å². The van der Waals surface area contributed by atoms with Gasteiger partial charge in [-0.2, -0.15) is 0 Å². The number of anilines is 1. The van der Waals surface area contributed by atoms with Gasteiger partial charge >= 0.3 is 5.97 Å². The summed E-state index contributed by atoms with van der Waals surface area (Å²) < 4.78 is 16.7. The molecule has 0 atom stereocenters. The Morgan fingerprint density at radius 3 is 2.52 bits per heavy atom. The average Bonchev–Trinajstić information content (AvgIpc) is 2.66. The number of amides is 1. The number of rotatable bonds is 8. The maximum Gasteiger partial charge on any atom is 0.338 e. The molecule has 0 aliphatic heterocycles. The second-order valence-corrected chi connectivity index (χ2v) is 7.03. The number of carbonyl (C=O) groups is 2. The minimum absolute atomic E-state index is 0.275. The first-order valence-electron chi connectivity index (χ1n) is 8.43. The number of halogens is 1. The molecule has 0 bridgehead atoms. The van der Waals surface area contributed by atoms with Crippen molar-refractivity contribution in [1.29, 1.82) is 0 Å². The van der Waals surface area contributed by atoms with Gasteiger partial charge in [0.25, 0.3) is 5.91 Å². The van der Waals surface area contributed by atoms with E-state index in [1.807, 2.05) is 19.9 Å². The second kappa shape index (κ2) is 9.97. The van der Waals surface area contributed by atoms with E-state index < -0.39 is 18.5 Å². The highest BCUT2D eigenvalue weighted by Gasteiger charge is 2.15. The first-order valence-corrected chi connectivity index (χ1v) is 9.22. The van der Waals surface area contributed by atoms with Crippen LogP contribution in [0.4, 0.5) is 5.69 Å². The number of hydrogen-bond acceptors (Lipinski definition) is 5. The zero-order valence-electron chi connectivity index (χ0n) is 15.5.